The molecule has 3 unspecified atom stereocenters. The minimum absolute atomic E-state index is 0.0275. The largest absolute Gasteiger partial charge is 0.393 e. The topological polar surface area (TPSA) is 49.3 Å². The Hall–Kier alpha value is -1.35. The van der Waals surface area contributed by atoms with Gasteiger partial charge in [-0.2, -0.15) is 0 Å². The molecule has 0 radical (unpaired) electrons. The molecule has 0 heterocycles. The zero-order valence-electron chi connectivity index (χ0n) is 10.4. The third-order valence-corrected chi connectivity index (χ3v) is 4.33. The predicted octanol–water partition coefficient (Wildman–Crippen LogP) is 1.60. The van der Waals surface area contributed by atoms with Crippen molar-refractivity contribution in [3.63, 3.8) is 0 Å². The number of hydrogen-bond donors (Lipinski definition) is 2. The summed E-state index contributed by atoms with van der Waals surface area (Å²) in [7, 11) is 0. The van der Waals surface area contributed by atoms with Gasteiger partial charge in [0, 0.05) is 12.5 Å². The van der Waals surface area contributed by atoms with E-state index in [9.17, 15) is 9.90 Å². The van der Waals surface area contributed by atoms with E-state index in [1.807, 2.05) is 18.2 Å². The van der Waals surface area contributed by atoms with Gasteiger partial charge in [-0.1, -0.05) is 30.7 Å². The highest BCUT2D eigenvalue weighted by atomic mass is 16.3. The summed E-state index contributed by atoms with van der Waals surface area (Å²) < 4.78 is 0. The van der Waals surface area contributed by atoms with E-state index in [1.165, 1.54) is 11.1 Å². The molecule has 3 atom stereocenters. The van der Waals surface area contributed by atoms with Crippen LogP contribution < -0.4 is 5.32 Å². The normalized spacial score (nSPS) is 29.5. The Morgan fingerprint density at radius 1 is 1.33 bits per heavy atom. The maximum Gasteiger partial charge on any atom is 0.227 e. The number of carbonyl (C=O) groups is 1. The van der Waals surface area contributed by atoms with Crippen LogP contribution in [0.15, 0.2) is 24.3 Å². The SMILES string of the molecule is O=C(NCC1CCCC1O)C1Cc2ccccc21. The fourth-order valence-electron chi connectivity index (χ4n) is 3.10. The van der Waals surface area contributed by atoms with E-state index < -0.39 is 0 Å². The number of carbonyl (C=O) groups excluding carboxylic acids is 1. The van der Waals surface area contributed by atoms with Crippen molar-refractivity contribution in [2.75, 3.05) is 6.54 Å². The first-order valence-electron chi connectivity index (χ1n) is 6.79. The van der Waals surface area contributed by atoms with Crippen molar-refractivity contribution in [3.05, 3.63) is 35.4 Å². The fraction of sp³-hybridized carbons (Fsp3) is 0.533. The molecule has 96 valence electrons. The fourth-order valence-corrected chi connectivity index (χ4v) is 3.10. The summed E-state index contributed by atoms with van der Waals surface area (Å²) in [6, 6.07) is 8.12. The van der Waals surface area contributed by atoms with Gasteiger partial charge in [0.05, 0.1) is 12.0 Å². The molecule has 1 aromatic rings. The first kappa shape index (κ1) is 11.7. The van der Waals surface area contributed by atoms with Gasteiger partial charge in [0.2, 0.25) is 5.91 Å². The molecule has 0 aliphatic heterocycles. The first-order chi connectivity index (χ1) is 8.75. The number of fused-ring (bicyclic) bond motifs is 1. The van der Waals surface area contributed by atoms with E-state index >= 15 is 0 Å². The summed E-state index contributed by atoms with van der Waals surface area (Å²) in [6.45, 7) is 0.624. The first-order valence-corrected chi connectivity index (χ1v) is 6.79. The molecule has 3 rings (SSSR count). The second kappa shape index (κ2) is 4.73. The number of aliphatic hydroxyl groups is 1. The molecule has 3 heteroatoms. The van der Waals surface area contributed by atoms with Crippen LogP contribution in [-0.2, 0) is 11.2 Å². The van der Waals surface area contributed by atoms with Crippen LogP contribution in [0.2, 0.25) is 0 Å². The third kappa shape index (κ3) is 2.03. The standard InChI is InChI=1S/C15H19NO2/c17-14-7-3-5-11(14)9-16-15(18)13-8-10-4-1-2-6-12(10)13/h1-2,4,6,11,13-14,17H,3,5,7-9H2,(H,16,18). The lowest BCUT2D eigenvalue weighted by Crippen LogP contribution is -2.39. The summed E-state index contributed by atoms with van der Waals surface area (Å²) in [5.74, 6) is 0.400. The second-order valence-corrected chi connectivity index (χ2v) is 5.46. The van der Waals surface area contributed by atoms with Crippen LogP contribution in [0.1, 0.15) is 36.3 Å². The minimum atomic E-state index is -0.223. The van der Waals surface area contributed by atoms with Crippen LogP contribution in [-0.4, -0.2) is 23.7 Å². The monoisotopic (exact) mass is 245 g/mol. The molecule has 1 fully saturated rings. The van der Waals surface area contributed by atoms with Gasteiger partial charge in [0.15, 0.2) is 0 Å². The molecule has 2 aliphatic carbocycles. The van der Waals surface area contributed by atoms with E-state index in [0.717, 1.165) is 25.7 Å². The van der Waals surface area contributed by atoms with Crippen molar-refractivity contribution in [3.8, 4) is 0 Å². The van der Waals surface area contributed by atoms with Gasteiger partial charge < -0.3 is 10.4 Å². The van der Waals surface area contributed by atoms with E-state index in [4.69, 9.17) is 0 Å². The van der Waals surface area contributed by atoms with Gasteiger partial charge in [-0.05, 0) is 30.4 Å². The number of rotatable bonds is 3. The molecular formula is C15H19NO2. The molecular weight excluding hydrogens is 226 g/mol. The second-order valence-electron chi connectivity index (χ2n) is 5.46. The summed E-state index contributed by atoms with van der Waals surface area (Å²) in [5.41, 5.74) is 2.46. The van der Waals surface area contributed by atoms with Crippen molar-refractivity contribution in [1.82, 2.24) is 5.32 Å². The van der Waals surface area contributed by atoms with Gasteiger partial charge in [0.25, 0.3) is 0 Å². The lowest BCUT2D eigenvalue weighted by atomic mass is 9.77. The molecule has 2 N–H and O–H groups in total. The predicted molar refractivity (Wildman–Crippen MR) is 69.2 cm³/mol. The molecule has 0 saturated heterocycles. The number of hydrogen-bond acceptors (Lipinski definition) is 2. The summed E-state index contributed by atoms with van der Waals surface area (Å²) in [5, 5.41) is 12.7. The van der Waals surface area contributed by atoms with Gasteiger partial charge in [0.1, 0.15) is 0 Å². The van der Waals surface area contributed by atoms with Gasteiger partial charge in [-0.3, -0.25) is 4.79 Å². The summed E-state index contributed by atoms with van der Waals surface area (Å²) in [6.07, 6.45) is 3.62. The third-order valence-electron chi connectivity index (χ3n) is 4.33. The zero-order valence-corrected chi connectivity index (χ0v) is 10.4. The summed E-state index contributed by atoms with van der Waals surface area (Å²) in [4.78, 5) is 12.1. The van der Waals surface area contributed by atoms with Gasteiger partial charge in [-0.15, -0.1) is 0 Å². The van der Waals surface area contributed by atoms with Crippen molar-refractivity contribution in [2.24, 2.45) is 5.92 Å². The lowest BCUT2D eigenvalue weighted by Gasteiger charge is -2.29. The quantitative estimate of drug-likeness (QED) is 0.850. The summed E-state index contributed by atoms with van der Waals surface area (Å²) >= 11 is 0. The molecule has 0 bridgehead atoms. The van der Waals surface area contributed by atoms with E-state index in [-0.39, 0.29) is 23.8 Å². The molecule has 1 saturated carbocycles. The number of benzene rings is 1. The Bertz CT molecular complexity index is 458. The van der Waals surface area contributed by atoms with E-state index in [1.54, 1.807) is 0 Å². The Morgan fingerprint density at radius 3 is 2.89 bits per heavy atom. The van der Waals surface area contributed by atoms with E-state index in [2.05, 4.69) is 11.4 Å². The maximum absolute atomic E-state index is 12.1. The molecule has 0 spiro atoms. The Labute approximate surface area is 107 Å². The molecule has 1 aromatic carbocycles. The Morgan fingerprint density at radius 2 is 2.17 bits per heavy atom. The highest BCUT2D eigenvalue weighted by Gasteiger charge is 2.32. The number of aliphatic hydroxyl groups excluding tert-OH is 1. The van der Waals surface area contributed by atoms with Crippen LogP contribution in [0, 0.1) is 5.92 Å². The van der Waals surface area contributed by atoms with Crippen molar-refractivity contribution >= 4 is 5.91 Å². The molecule has 2 aliphatic rings. The minimum Gasteiger partial charge on any atom is -0.393 e. The van der Waals surface area contributed by atoms with Crippen molar-refractivity contribution in [2.45, 2.75) is 37.7 Å². The maximum atomic E-state index is 12.1. The highest BCUT2D eigenvalue weighted by Crippen LogP contribution is 2.35. The van der Waals surface area contributed by atoms with Crippen molar-refractivity contribution in [1.29, 1.82) is 0 Å². The van der Waals surface area contributed by atoms with Gasteiger partial charge >= 0.3 is 0 Å². The highest BCUT2D eigenvalue weighted by molar-refractivity contribution is 5.86. The average Bonchev–Trinajstić information content (AvgIpc) is 2.74. The van der Waals surface area contributed by atoms with Crippen LogP contribution in [0.3, 0.4) is 0 Å². The van der Waals surface area contributed by atoms with Crippen LogP contribution >= 0.6 is 0 Å². The zero-order chi connectivity index (χ0) is 12.5. The smallest absolute Gasteiger partial charge is 0.227 e. The number of amides is 1. The van der Waals surface area contributed by atoms with Crippen LogP contribution in [0.25, 0.3) is 0 Å². The molecule has 1 amide bonds. The number of nitrogens with one attached hydrogen (secondary N) is 1. The molecule has 18 heavy (non-hydrogen) atoms. The Kier molecular flexibility index (Phi) is 3.08. The molecule has 0 aromatic heterocycles. The van der Waals surface area contributed by atoms with Gasteiger partial charge in [-0.25, -0.2) is 0 Å². The van der Waals surface area contributed by atoms with Crippen LogP contribution in [0.5, 0.6) is 0 Å². The molecule has 3 nitrogen and oxygen atoms in total. The van der Waals surface area contributed by atoms with Crippen molar-refractivity contribution < 1.29 is 9.90 Å². The van der Waals surface area contributed by atoms with Crippen LogP contribution in [0.4, 0.5) is 0 Å². The average molecular weight is 245 g/mol. The lowest BCUT2D eigenvalue weighted by molar-refractivity contribution is -0.123. The Balaban J connectivity index is 1.54. The van der Waals surface area contributed by atoms with E-state index in [0.29, 0.717) is 6.54 Å².